The highest BCUT2D eigenvalue weighted by atomic mass is 19.1. The van der Waals surface area contributed by atoms with Gasteiger partial charge in [0.15, 0.2) is 0 Å². The topological polar surface area (TPSA) is 86.2 Å². The minimum absolute atomic E-state index is 0.0241. The first-order valence-electron chi connectivity index (χ1n) is 6.85. The Morgan fingerprint density at radius 1 is 1.00 bits per heavy atom. The number of amides is 2. The summed E-state index contributed by atoms with van der Waals surface area (Å²) in [6.45, 7) is 3.76. The van der Waals surface area contributed by atoms with Crippen molar-refractivity contribution in [2.24, 2.45) is 11.5 Å². The zero-order chi connectivity index (χ0) is 16.4. The van der Waals surface area contributed by atoms with Crippen LogP contribution in [0.3, 0.4) is 0 Å². The first-order valence-corrected chi connectivity index (χ1v) is 6.85. The molecule has 22 heavy (non-hydrogen) atoms. The molecule has 5 heteroatoms. The van der Waals surface area contributed by atoms with Gasteiger partial charge in [-0.1, -0.05) is 32.0 Å². The van der Waals surface area contributed by atoms with Crippen LogP contribution in [0.2, 0.25) is 0 Å². The normalized spacial score (nSPS) is 10.7. The van der Waals surface area contributed by atoms with E-state index in [1.54, 1.807) is 12.1 Å². The van der Waals surface area contributed by atoms with Gasteiger partial charge in [0, 0.05) is 16.7 Å². The molecule has 2 aromatic carbocycles. The Morgan fingerprint density at radius 2 is 1.55 bits per heavy atom. The van der Waals surface area contributed by atoms with Crippen molar-refractivity contribution in [3.8, 4) is 11.1 Å². The summed E-state index contributed by atoms with van der Waals surface area (Å²) in [4.78, 5) is 23.2. The van der Waals surface area contributed by atoms with Crippen molar-refractivity contribution in [1.29, 1.82) is 0 Å². The van der Waals surface area contributed by atoms with Gasteiger partial charge in [0.2, 0.25) is 11.8 Å². The molecule has 0 saturated heterocycles. The van der Waals surface area contributed by atoms with Gasteiger partial charge in [0.25, 0.3) is 0 Å². The number of rotatable bonds is 4. The van der Waals surface area contributed by atoms with Gasteiger partial charge in [-0.2, -0.15) is 0 Å². The van der Waals surface area contributed by atoms with Gasteiger partial charge in [0.1, 0.15) is 5.82 Å². The van der Waals surface area contributed by atoms with Gasteiger partial charge < -0.3 is 11.5 Å². The number of primary amides is 2. The van der Waals surface area contributed by atoms with Crippen LogP contribution in [0.25, 0.3) is 11.1 Å². The second-order valence-corrected chi connectivity index (χ2v) is 5.35. The molecule has 0 aliphatic heterocycles. The number of carbonyl (C=O) groups is 2. The molecule has 2 rings (SSSR count). The van der Waals surface area contributed by atoms with E-state index in [9.17, 15) is 14.0 Å². The molecule has 0 saturated carbocycles. The predicted octanol–water partition coefficient (Wildman–Crippen LogP) is 2.81. The van der Waals surface area contributed by atoms with E-state index in [0.29, 0.717) is 11.1 Å². The number of carbonyl (C=O) groups excluding carboxylic acids is 2. The lowest BCUT2D eigenvalue weighted by atomic mass is 9.91. The van der Waals surface area contributed by atoms with Crippen LogP contribution in [-0.4, -0.2) is 11.8 Å². The predicted molar refractivity (Wildman–Crippen MR) is 83.0 cm³/mol. The Bertz CT molecular complexity index is 722. The maximum atomic E-state index is 14.2. The van der Waals surface area contributed by atoms with Crippen LogP contribution in [0.1, 0.15) is 46.0 Å². The molecular formula is C17H17FN2O2. The number of halogens is 1. The number of hydrogen-bond donors (Lipinski definition) is 2. The number of nitrogens with two attached hydrogens (primary N) is 2. The highest BCUT2D eigenvalue weighted by Crippen LogP contribution is 2.30. The van der Waals surface area contributed by atoms with Crippen LogP contribution in [0.15, 0.2) is 36.4 Å². The molecule has 0 unspecified atom stereocenters. The fraction of sp³-hybridized carbons (Fsp3) is 0.176. The van der Waals surface area contributed by atoms with Crippen LogP contribution in [0.4, 0.5) is 4.39 Å². The molecule has 0 bridgehead atoms. The van der Waals surface area contributed by atoms with Crippen LogP contribution >= 0.6 is 0 Å². The summed E-state index contributed by atoms with van der Waals surface area (Å²) in [5, 5.41) is 0. The molecule has 0 spiro atoms. The lowest BCUT2D eigenvalue weighted by molar-refractivity contribution is 0.0999. The summed E-state index contributed by atoms with van der Waals surface area (Å²) >= 11 is 0. The summed E-state index contributed by atoms with van der Waals surface area (Å²) in [6, 6.07) is 9.08. The minimum Gasteiger partial charge on any atom is -0.366 e. The van der Waals surface area contributed by atoms with E-state index in [2.05, 4.69) is 0 Å². The number of benzene rings is 2. The van der Waals surface area contributed by atoms with Crippen molar-refractivity contribution >= 4 is 11.8 Å². The van der Waals surface area contributed by atoms with E-state index in [4.69, 9.17) is 11.5 Å². The van der Waals surface area contributed by atoms with Gasteiger partial charge in [-0.05, 0) is 35.2 Å². The average molecular weight is 300 g/mol. The molecule has 0 heterocycles. The van der Waals surface area contributed by atoms with Gasteiger partial charge in [-0.3, -0.25) is 9.59 Å². The van der Waals surface area contributed by atoms with E-state index in [0.717, 1.165) is 0 Å². The first kappa shape index (κ1) is 15.7. The van der Waals surface area contributed by atoms with Crippen LogP contribution in [-0.2, 0) is 0 Å². The van der Waals surface area contributed by atoms with E-state index in [-0.39, 0.29) is 22.6 Å². The third-order valence-electron chi connectivity index (χ3n) is 3.51. The SMILES string of the molecule is CC(C)c1ccc(-c2c(C(N)=O)cccc2C(N)=O)cc1F. The molecule has 0 radical (unpaired) electrons. The van der Waals surface area contributed by atoms with Crippen LogP contribution < -0.4 is 11.5 Å². The standard InChI is InChI=1S/C17H17FN2O2/c1-9(2)11-7-6-10(8-14(11)18)15-12(16(19)21)4-3-5-13(15)17(20)22/h3-9H,1-2H3,(H2,19,21)(H2,20,22). The van der Waals surface area contributed by atoms with Crippen molar-refractivity contribution in [2.45, 2.75) is 19.8 Å². The Kier molecular flexibility index (Phi) is 4.26. The van der Waals surface area contributed by atoms with Crippen LogP contribution in [0.5, 0.6) is 0 Å². The fourth-order valence-corrected chi connectivity index (χ4v) is 2.42. The van der Waals surface area contributed by atoms with E-state index >= 15 is 0 Å². The summed E-state index contributed by atoms with van der Waals surface area (Å²) in [5.41, 5.74) is 12.2. The second-order valence-electron chi connectivity index (χ2n) is 5.35. The van der Waals surface area contributed by atoms with E-state index < -0.39 is 17.6 Å². The minimum atomic E-state index is -0.702. The highest BCUT2D eigenvalue weighted by molar-refractivity contribution is 6.08. The zero-order valence-corrected chi connectivity index (χ0v) is 12.4. The molecule has 4 N–H and O–H groups in total. The average Bonchev–Trinajstić information content (AvgIpc) is 2.45. The monoisotopic (exact) mass is 300 g/mol. The van der Waals surface area contributed by atoms with E-state index in [1.807, 2.05) is 13.8 Å². The summed E-state index contributed by atoms with van der Waals surface area (Å²) in [7, 11) is 0. The maximum Gasteiger partial charge on any atom is 0.249 e. The van der Waals surface area contributed by atoms with Gasteiger partial charge in [-0.25, -0.2) is 4.39 Å². The molecule has 0 aliphatic carbocycles. The Hall–Kier alpha value is -2.69. The van der Waals surface area contributed by atoms with Crippen molar-refractivity contribution < 1.29 is 14.0 Å². The fourth-order valence-electron chi connectivity index (χ4n) is 2.42. The van der Waals surface area contributed by atoms with Gasteiger partial charge in [0.05, 0.1) is 0 Å². The van der Waals surface area contributed by atoms with E-state index in [1.165, 1.54) is 24.3 Å². The lowest BCUT2D eigenvalue weighted by Gasteiger charge is -2.13. The smallest absolute Gasteiger partial charge is 0.249 e. The quantitative estimate of drug-likeness (QED) is 0.909. The molecular weight excluding hydrogens is 283 g/mol. The summed E-state index contributed by atoms with van der Waals surface area (Å²) in [6.07, 6.45) is 0. The largest absolute Gasteiger partial charge is 0.366 e. The second kappa shape index (κ2) is 5.97. The summed E-state index contributed by atoms with van der Waals surface area (Å²) in [5.74, 6) is -1.78. The zero-order valence-electron chi connectivity index (χ0n) is 12.4. The Balaban J connectivity index is 2.73. The van der Waals surface area contributed by atoms with Gasteiger partial charge in [-0.15, -0.1) is 0 Å². The summed E-state index contributed by atoms with van der Waals surface area (Å²) < 4.78 is 14.2. The van der Waals surface area contributed by atoms with Crippen molar-refractivity contribution in [3.63, 3.8) is 0 Å². The van der Waals surface area contributed by atoms with Gasteiger partial charge >= 0.3 is 0 Å². The molecule has 2 amide bonds. The number of hydrogen-bond acceptors (Lipinski definition) is 2. The van der Waals surface area contributed by atoms with Crippen molar-refractivity contribution in [3.05, 3.63) is 58.9 Å². The van der Waals surface area contributed by atoms with Crippen molar-refractivity contribution in [1.82, 2.24) is 0 Å². The molecule has 2 aromatic rings. The third-order valence-corrected chi connectivity index (χ3v) is 3.51. The molecule has 0 aromatic heterocycles. The highest BCUT2D eigenvalue weighted by Gasteiger charge is 2.19. The van der Waals surface area contributed by atoms with Crippen molar-refractivity contribution in [2.75, 3.05) is 0 Å². The molecule has 0 fully saturated rings. The first-order chi connectivity index (χ1) is 10.3. The third kappa shape index (κ3) is 2.83. The molecule has 114 valence electrons. The molecule has 0 atom stereocenters. The maximum absolute atomic E-state index is 14.2. The Labute approximate surface area is 127 Å². The molecule has 0 aliphatic rings. The Morgan fingerprint density at radius 3 is 1.95 bits per heavy atom. The lowest BCUT2D eigenvalue weighted by Crippen LogP contribution is -2.18. The molecule has 4 nitrogen and oxygen atoms in total. The van der Waals surface area contributed by atoms with Crippen LogP contribution in [0, 0.1) is 5.82 Å².